The van der Waals surface area contributed by atoms with E-state index in [0.29, 0.717) is 17.9 Å². The van der Waals surface area contributed by atoms with E-state index in [1.165, 1.54) is 4.90 Å². The highest BCUT2D eigenvalue weighted by molar-refractivity contribution is 5.94. The van der Waals surface area contributed by atoms with E-state index >= 15 is 0 Å². The molecule has 104 valence electrons. The van der Waals surface area contributed by atoms with Crippen LogP contribution in [-0.2, 0) is 0 Å². The van der Waals surface area contributed by atoms with E-state index in [1.54, 1.807) is 24.3 Å². The van der Waals surface area contributed by atoms with Gasteiger partial charge >= 0.3 is 0 Å². The molecule has 0 saturated carbocycles. The monoisotopic (exact) mass is 271 g/mol. The van der Waals surface area contributed by atoms with Crippen LogP contribution >= 0.6 is 0 Å². The number of rotatable bonds is 7. The molecular weight excluding hydrogens is 254 g/mol. The molecule has 0 N–H and O–H groups in total. The molecule has 5 nitrogen and oxygen atoms in total. The van der Waals surface area contributed by atoms with E-state index < -0.39 is 0 Å². The Morgan fingerprint density at radius 1 is 1.20 bits per heavy atom. The van der Waals surface area contributed by atoms with E-state index in [2.05, 4.69) is 6.92 Å². The first-order valence-electron chi connectivity index (χ1n) is 6.49. The summed E-state index contributed by atoms with van der Waals surface area (Å²) in [4.78, 5) is 13.3. The summed E-state index contributed by atoms with van der Waals surface area (Å²) in [5.74, 6) is 0.385. The van der Waals surface area contributed by atoms with Gasteiger partial charge in [0, 0.05) is 5.56 Å². The molecule has 0 saturated heterocycles. The normalized spacial score (nSPS) is 9.35. The first-order valence-corrected chi connectivity index (χ1v) is 6.49. The standard InChI is InChI=1S/C15H17N3O2/c1-2-3-12-20-14-6-4-13(5-7-14)15(19)18(10-8-16)11-9-17/h4-7H,2-3,10-12H2,1H3. The highest BCUT2D eigenvalue weighted by Gasteiger charge is 2.14. The Kier molecular flexibility index (Phi) is 6.64. The number of carbonyl (C=O) groups excluding carboxylic acids is 1. The summed E-state index contributed by atoms with van der Waals surface area (Å²) < 4.78 is 5.51. The summed E-state index contributed by atoms with van der Waals surface area (Å²) in [5, 5.41) is 17.3. The van der Waals surface area contributed by atoms with Gasteiger partial charge in [-0.1, -0.05) is 13.3 Å². The van der Waals surface area contributed by atoms with Gasteiger partial charge in [-0.25, -0.2) is 0 Å². The summed E-state index contributed by atoms with van der Waals surface area (Å²) in [5.41, 5.74) is 0.443. The van der Waals surface area contributed by atoms with Crippen molar-refractivity contribution in [3.63, 3.8) is 0 Å². The molecule has 0 aliphatic heterocycles. The van der Waals surface area contributed by atoms with Gasteiger partial charge in [0.1, 0.15) is 18.8 Å². The van der Waals surface area contributed by atoms with Gasteiger partial charge in [0.05, 0.1) is 18.7 Å². The molecular formula is C15H17N3O2. The topological polar surface area (TPSA) is 77.1 Å². The Hall–Kier alpha value is -2.53. The molecule has 0 fully saturated rings. The lowest BCUT2D eigenvalue weighted by atomic mass is 10.2. The lowest BCUT2D eigenvalue weighted by molar-refractivity contribution is 0.0794. The molecule has 1 amide bonds. The van der Waals surface area contributed by atoms with Crippen LogP contribution in [0.1, 0.15) is 30.1 Å². The largest absolute Gasteiger partial charge is 0.494 e. The Balaban J connectivity index is 2.69. The zero-order valence-corrected chi connectivity index (χ0v) is 11.5. The summed E-state index contributed by atoms with van der Waals surface area (Å²) in [6.07, 6.45) is 2.05. The molecule has 5 heteroatoms. The number of amides is 1. The number of nitrogens with zero attached hydrogens (tertiary/aromatic N) is 3. The van der Waals surface area contributed by atoms with Gasteiger partial charge in [0.2, 0.25) is 0 Å². The Morgan fingerprint density at radius 2 is 1.80 bits per heavy atom. The van der Waals surface area contributed by atoms with Crippen molar-refractivity contribution in [1.82, 2.24) is 4.90 Å². The van der Waals surface area contributed by atoms with E-state index in [0.717, 1.165) is 12.8 Å². The van der Waals surface area contributed by atoms with Gasteiger partial charge in [-0.3, -0.25) is 4.79 Å². The van der Waals surface area contributed by atoms with Crippen LogP contribution in [0.15, 0.2) is 24.3 Å². The summed E-state index contributed by atoms with van der Waals surface area (Å²) in [6.45, 7) is 2.55. The van der Waals surface area contributed by atoms with Gasteiger partial charge in [0.15, 0.2) is 0 Å². The average Bonchev–Trinajstić information content (AvgIpc) is 2.47. The van der Waals surface area contributed by atoms with Crippen molar-refractivity contribution in [2.75, 3.05) is 19.7 Å². The minimum atomic E-state index is -0.326. The lowest BCUT2D eigenvalue weighted by Crippen LogP contribution is -2.31. The van der Waals surface area contributed by atoms with Crippen LogP contribution in [0.4, 0.5) is 0 Å². The predicted molar refractivity (Wildman–Crippen MR) is 74.0 cm³/mol. The fourth-order valence-corrected chi connectivity index (χ4v) is 1.58. The smallest absolute Gasteiger partial charge is 0.255 e. The minimum Gasteiger partial charge on any atom is -0.494 e. The second-order valence-corrected chi connectivity index (χ2v) is 4.20. The number of nitriles is 2. The van der Waals surface area contributed by atoms with Crippen molar-refractivity contribution in [3.05, 3.63) is 29.8 Å². The highest BCUT2D eigenvalue weighted by atomic mass is 16.5. The second-order valence-electron chi connectivity index (χ2n) is 4.20. The minimum absolute atomic E-state index is 0.0961. The van der Waals surface area contributed by atoms with E-state index in [9.17, 15) is 4.79 Å². The highest BCUT2D eigenvalue weighted by Crippen LogP contribution is 2.14. The number of carbonyl (C=O) groups is 1. The molecule has 0 atom stereocenters. The fourth-order valence-electron chi connectivity index (χ4n) is 1.58. The van der Waals surface area contributed by atoms with Crippen LogP contribution in [-0.4, -0.2) is 30.5 Å². The molecule has 1 rings (SSSR count). The first kappa shape index (κ1) is 15.5. The molecule has 0 spiro atoms. The number of ether oxygens (including phenoxy) is 1. The molecule has 0 unspecified atom stereocenters. The Labute approximate surface area is 119 Å². The zero-order valence-electron chi connectivity index (χ0n) is 11.5. The number of unbranched alkanes of at least 4 members (excludes halogenated alkanes) is 1. The molecule has 1 aromatic carbocycles. The predicted octanol–water partition coefficient (Wildman–Crippen LogP) is 2.35. The van der Waals surface area contributed by atoms with Crippen LogP contribution in [0.3, 0.4) is 0 Å². The summed E-state index contributed by atoms with van der Waals surface area (Å²) in [6, 6.07) is 10.5. The molecule has 0 radical (unpaired) electrons. The van der Waals surface area contributed by atoms with E-state index in [1.807, 2.05) is 12.1 Å². The van der Waals surface area contributed by atoms with Gasteiger partial charge in [-0.15, -0.1) is 0 Å². The molecule has 0 aliphatic carbocycles. The Morgan fingerprint density at radius 3 is 2.30 bits per heavy atom. The quantitative estimate of drug-likeness (QED) is 0.563. The van der Waals surface area contributed by atoms with Crippen molar-refractivity contribution in [3.8, 4) is 17.9 Å². The maximum absolute atomic E-state index is 12.1. The van der Waals surface area contributed by atoms with Crippen LogP contribution < -0.4 is 4.74 Å². The maximum atomic E-state index is 12.1. The maximum Gasteiger partial charge on any atom is 0.255 e. The third-order valence-corrected chi connectivity index (χ3v) is 2.68. The molecule has 0 bridgehead atoms. The van der Waals surface area contributed by atoms with Crippen LogP contribution in [0.25, 0.3) is 0 Å². The van der Waals surface area contributed by atoms with Gasteiger partial charge in [0.25, 0.3) is 5.91 Å². The third-order valence-electron chi connectivity index (χ3n) is 2.68. The van der Waals surface area contributed by atoms with E-state index in [-0.39, 0.29) is 19.0 Å². The van der Waals surface area contributed by atoms with Gasteiger partial charge in [-0.05, 0) is 30.7 Å². The number of benzene rings is 1. The zero-order chi connectivity index (χ0) is 14.8. The molecule has 0 heterocycles. The van der Waals surface area contributed by atoms with Crippen LogP contribution in [0.5, 0.6) is 5.75 Å². The Bertz CT molecular complexity index is 495. The molecule has 0 aliphatic rings. The SMILES string of the molecule is CCCCOc1ccc(C(=O)N(CC#N)CC#N)cc1. The van der Waals surface area contributed by atoms with Gasteiger partial charge < -0.3 is 9.64 Å². The van der Waals surface area contributed by atoms with Crippen molar-refractivity contribution in [2.24, 2.45) is 0 Å². The van der Waals surface area contributed by atoms with Crippen LogP contribution in [0, 0.1) is 22.7 Å². The molecule has 0 aromatic heterocycles. The second kappa shape index (κ2) is 8.55. The number of hydrogen-bond donors (Lipinski definition) is 0. The van der Waals surface area contributed by atoms with Crippen LogP contribution in [0.2, 0.25) is 0 Å². The lowest BCUT2D eigenvalue weighted by Gasteiger charge is -2.15. The fraction of sp³-hybridized carbons (Fsp3) is 0.400. The van der Waals surface area contributed by atoms with Crippen molar-refractivity contribution in [2.45, 2.75) is 19.8 Å². The first-order chi connectivity index (χ1) is 9.72. The number of hydrogen-bond acceptors (Lipinski definition) is 4. The third kappa shape index (κ3) is 4.62. The average molecular weight is 271 g/mol. The molecule has 20 heavy (non-hydrogen) atoms. The van der Waals surface area contributed by atoms with Gasteiger partial charge in [-0.2, -0.15) is 10.5 Å². The van der Waals surface area contributed by atoms with Crippen molar-refractivity contribution >= 4 is 5.91 Å². The van der Waals surface area contributed by atoms with Crippen molar-refractivity contribution < 1.29 is 9.53 Å². The van der Waals surface area contributed by atoms with Crippen molar-refractivity contribution in [1.29, 1.82) is 10.5 Å². The summed E-state index contributed by atoms with van der Waals surface area (Å²) >= 11 is 0. The van der Waals surface area contributed by atoms with E-state index in [4.69, 9.17) is 15.3 Å². The summed E-state index contributed by atoms with van der Waals surface area (Å²) in [7, 11) is 0. The molecule has 1 aromatic rings.